The first-order chi connectivity index (χ1) is 8.67. The second kappa shape index (κ2) is 4.59. The topological polar surface area (TPSA) is 66.0 Å². The van der Waals surface area contributed by atoms with E-state index >= 15 is 0 Å². The van der Waals surface area contributed by atoms with Crippen LogP contribution in [0.3, 0.4) is 0 Å². The van der Waals surface area contributed by atoms with Gasteiger partial charge < -0.3 is 10.5 Å². The number of rotatable bonds is 3. The summed E-state index contributed by atoms with van der Waals surface area (Å²) < 4.78 is 8.02. The van der Waals surface area contributed by atoms with Crippen LogP contribution in [0, 0.1) is 0 Å². The maximum Gasteiger partial charge on any atom is 0.208 e. The molecule has 5 nitrogen and oxygen atoms in total. The van der Waals surface area contributed by atoms with E-state index in [4.69, 9.17) is 22.7 Å². The average molecular weight is 266 g/mol. The number of aromatic nitrogens is 3. The summed E-state index contributed by atoms with van der Waals surface area (Å²) in [6.07, 6.45) is 9.29. The standard InChI is InChI=1S/C12H18N4OS/c13-10(18)11-14-8-16(15-11)7-9-3-6-12(17-9)4-1-2-5-12/h8-9H,1-7H2,(H2,13,18). The van der Waals surface area contributed by atoms with E-state index in [2.05, 4.69) is 10.1 Å². The fourth-order valence-electron chi connectivity index (χ4n) is 3.12. The zero-order valence-electron chi connectivity index (χ0n) is 10.3. The highest BCUT2D eigenvalue weighted by molar-refractivity contribution is 7.80. The van der Waals surface area contributed by atoms with E-state index in [1.54, 1.807) is 11.0 Å². The summed E-state index contributed by atoms with van der Waals surface area (Å²) in [4.78, 5) is 4.32. The Kier molecular flexibility index (Phi) is 3.07. The zero-order valence-corrected chi connectivity index (χ0v) is 11.2. The van der Waals surface area contributed by atoms with Gasteiger partial charge in [-0.3, -0.25) is 0 Å². The summed E-state index contributed by atoms with van der Waals surface area (Å²) in [6, 6.07) is 0. The molecule has 1 saturated heterocycles. The Bertz CT molecular complexity index is 453. The summed E-state index contributed by atoms with van der Waals surface area (Å²) in [5.41, 5.74) is 5.67. The molecule has 1 aromatic rings. The quantitative estimate of drug-likeness (QED) is 0.838. The summed E-state index contributed by atoms with van der Waals surface area (Å²) in [7, 11) is 0. The number of ether oxygens (including phenoxy) is 1. The molecule has 1 spiro atoms. The van der Waals surface area contributed by atoms with Gasteiger partial charge in [0.05, 0.1) is 18.2 Å². The SMILES string of the molecule is NC(=S)c1ncn(CC2CCC3(CCCC3)O2)n1. The van der Waals surface area contributed by atoms with Crippen molar-refractivity contribution >= 4 is 17.2 Å². The van der Waals surface area contributed by atoms with Gasteiger partial charge in [-0.1, -0.05) is 25.1 Å². The van der Waals surface area contributed by atoms with Crippen LogP contribution in [0.25, 0.3) is 0 Å². The predicted octanol–water partition coefficient (Wildman–Crippen LogP) is 1.40. The lowest BCUT2D eigenvalue weighted by Gasteiger charge is -2.23. The minimum absolute atomic E-state index is 0.178. The molecule has 1 saturated carbocycles. The molecule has 0 aromatic carbocycles. The summed E-state index contributed by atoms with van der Waals surface area (Å²) in [5, 5.41) is 4.25. The van der Waals surface area contributed by atoms with E-state index in [0.29, 0.717) is 5.82 Å². The van der Waals surface area contributed by atoms with Crippen molar-refractivity contribution in [2.24, 2.45) is 5.73 Å². The normalized spacial score (nSPS) is 25.9. The van der Waals surface area contributed by atoms with E-state index in [1.807, 2.05) is 0 Å². The molecule has 6 heteroatoms. The van der Waals surface area contributed by atoms with Gasteiger partial charge in [-0.15, -0.1) is 5.10 Å². The lowest BCUT2D eigenvalue weighted by Crippen LogP contribution is -2.26. The van der Waals surface area contributed by atoms with E-state index < -0.39 is 0 Å². The summed E-state index contributed by atoms with van der Waals surface area (Å²) in [6.45, 7) is 0.747. The molecule has 0 radical (unpaired) electrons. The van der Waals surface area contributed by atoms with Crippen molar-refractivity contribution in [3.8, 4) is 0 Å². The van der Waals surface area contributed by atoms with Crippen molar-refractivity contribution < 1.29 is 4.74 Å². The van der Waals surface area contributed by atoms with E-state index in [9.17, 15) is 0 Å². The van der Waals surface area contributed by atoms with Gasteiger partial charge in [0.15, 0.2) is 0 Å². The van der Waals surface area contributed by atoms with Crippen molar-refractivity contribution in [3.63, 3.8) is 0 Å². The lowest BCUT2D eigenvalue weighted by atomic mass is 9.98. The second-order valence-electron chi connectivity index (χ2n) is 5.32. The van der Waals surface area contributed by atoms with Gasteiger partial charge in [-0.05, 0) is 25.7 Å². The third-order valence-corrected chi connectivity index (χ3v) is 4.18. The van der Waals surface area contributed by atoms with Crippen LogP contribution < -0.4 is 5.73 Å². The first-order valence-corrected chi connectivity index (χ1v) is 6.95. The molecule has 2 N–H and O–H groups in total. The summed E-state index contributed by atoms with van der Waals surface area (Å²) >= 11 is 4.85. The molecule has 1 unspecified atom stereocenters. The molecule has 2 fully saturated rings. The lowest BCUT2D eigenvalue weighted by molar-refractivity contribution is -0.0429. The fraction of sp³-hybridized carbons (Fsp3) is 0.750. The highest BCUT2D eigenvalue weighted by atomic mass is 32.1. The van der Waals surface area contributed by atoms with Crippen LogP contribution in [-0.2, 0) is 11.3 Å². The van der Waals surface area contributed by atoms with Crippen LogP contribution >= 0.6 is 12.2 Å². The molecule has 1 aliphatic heterocycles. The van der Waals surface area contributed by atoms with Crippen molar-refractivity contribution in [2.45, 2.75) is 56.8 Å². The molecular formula is C12H18N4OS. The van der Waals surface area contributed by atoms with Crippen LogP contribution in [0.2, 0.25) is 0 Å². The Morgan fingerprint density at radius 1 is 1.50 bits per heavy atom. The van der Waals surface area contributed by atoms with Crippen LogP contribution in [0.15, 0.2) is 6.33 Å². The Balaban J connectivity index is 1.61. The van der Waals surface area contributed by atoms with E-state index in [-0.39, 0.29) is 16.7 Å². The molecule has 2 heterocycles. The van der Waals surface area contributed by atoms with Gasteiger partial charge in [-0.2, -0.15) is 0 Å². The van der Waals surface area contributed by atoms with Crippen molar-refractivity contribution in [1.82, 2.24) is 14.8 Å². The van der Waals surface area contributed by atoms with E-state index in [0.717, 1.165) is 13.0 Å². The Morgan fingerprint density at radius 3 is 2.94 bits per heavy atom. The first-order valence-electron chi connectivity index (χ1n) is 6.54. The van der Waals surface area contributed by atoms with Gasteiger partial charge in [0.1, 0.15) is 11.3 Å². The van der Waals surface area contributed by atoms with Crippen LogP contribution in [0.5, 0.6) is 0 Å². The van der Waals surface area contributed by atoms with Gasteiger partial charge in [-0.25, -0.2) is 9.67 Å². The molecule has 1 atom stereocenters. The number of hydrogen-bond acceptors (Lipinski definition) is 4. The minimum atomic E-state index is 0.178. The number of thiocarbonyl (C=S) groups is 1. The van der Waals surface area contributed by atoms with E-state index in [1.165, 1.54) is 32.1 Å². The second-order valence-corrected chi connectivity index (χ2v) is 5.76. The van der Waals surface area contributed by atoms with Crippen LogP contribution in [0.1, 0.15) is 44.3 Å². The van der Waals surface area contributed by atoms with Gasteiger partial charge in [0.25, 0.3) is 0 Å². The molecular weight excluding hydrogens is 248 g/mol. The Hall–Kier alpha value is -1.01. The zero-order chi connectivity index (χ0) is 12.6. The largest absolute Gasteiger partial charge is 0.387 e. The first kappa shape index (κ1) is 12.0. The number of nitrogens with two attached hydrogens (primary N) is 1. The third-order valence-electron chi connectivity index (χ3n) is 4.00. The van der Waals surface area contributed by atoms with Crippen molar-refractivity contribution in [1.29, 1.82) is 0 Å². The highest BCUT2D eigenvalue weighted by Gasteiger charge is 2.42. The van der Waals surface area contributed by atoms with Gasteiger partial charge >= 0.3 is 0 Å². The van der Waals surface area contributed by atoms with Crippen LogP contribution in [-0.4, -0.2) is 31.5 Å². The molecule has 2 aliphatic rings. The Morgan fingerprint density at radius 2 is 2.28 bits per heavy atom. The smallest absolute Gasteiger partial charge is 0.208 e. The van der Waals surface area contributed by atoms with Gasteiger partial charge in [0.2, 0.25) is 5.82 Å². The molecule has 98 valence electrons. The molecule has 0 bridgehead atoms. The molecule has 1 aromatic heterocycles. The maximum atomic E-state index is 6.23. The molecule has 3 rings (SSSR count). The number of hydrogen-bond donors (Lipinski definition) is 1. The highest BCUT2D eigenvalue weighted by Crippen LogP contribution is 2.43. The van der Waals surface area contributed by atoms with Crippen molar-refractivity contribution in [2.75, 3.05) is 0 Å². The number of nitrogens with zero attached hydrogens (tertiary/aromatic N) is 3. The monoisotopic (exact) mass is 266 g/mol. The van der Waals surface area contributed by atoms with Crippen LogP contribution in [0.4, 0.5) is 0 Å². The fourth-order valence-corrected chi connectivity index (χ4v) is 3.21. The Labute approximate surface area is 112 Å². The van der Waals surface area contributed by atoms with Crippen molar-refractivity contribution in [3.05, 3.63) is 12.2 Å². The molecule has 0 amide bonds. The van der Waals surface area contributed by atoms with Gasteiger partial charge in [0, 0.05) is 0 Å². The predicted molar refractivity (Wildman–Crippen MR) is 71.2 cm³/mol. The molecule has 1 aliphatic carbocycles. The minimum Gasteiger partial charge on any atom is -0.387 e. The molecule has 18 heavy (non-hydrogen) atoms. The average Bonchev–Trinajstić information content (AvgIpc) is 3.03. The third kappa shape index (κ3) is 2.27. The maximum absolute atomic E-state index is 6.23. The summed E-state index contributed by atoms with van der Waals surface area (Å²) in [5.74, 6) is 0.443.